The van der Waals surface area contributed by atoms with Gasteiger partial charge in [-0.1, -0.05) is 60.7 Å². The zero-order valence-electron chi connectivity index (χ0n) is 18.9. The molecule has 0 saturated carbocycles. The van der Waals surface area contributed by atoms with Gasteiger partial charge in [-0.15, -0.1) is 0 Å². The van der Waals surface area contributed by atoms with Gasteiger partial charge in [0.2, 0.25) is 6.04 Å². The van der Waals surface area contributed by atoms with E-state index in [1.807, 2.05) is 102 Å². The van der Waals surface area contributed by atoms with Crippen LogP contribution in [0.15, 0.2) is 109 Å². The third-order valence-corrected chi connectivity index (χ3v) is 5.89. The third-order valence-electron chi connectivity index (χ3n) is 5.89. The lowest BCUT2D eigenvalue weighted by Crippen LogP contribution is -2.47. The highest BCUT2D eigenvalue weighted by molar-refractivity contribution is 5.91. The van der Waals surface area contributed by atoms with Crippen LogP contribution in [0.2, 0.25) is 0 Å². The van der Waals surface area contributed by atoms with Gasteiger partial charge < -0.3 is 14.6 Å². The fourth-order valence-electron chi connectivity index (χ4n) is 4.42. The number of fused-ring (bicyclic) bond motifs is 1. The summed E-state index contributed by atoms with van der Waals surface area (Å²) in [5.74, 6) is -3.39. The standard InChI is InChI=1S/C28H24N2O4/c1-28(2)33-26(31)24(27(32)34-28)23(20-12-5-3-6-13-20)25(30-17-9-4-10-18-30)22-16-15-19-11-7-8-14-21(19)29-22/h3-18,23,25H,1-2H3. The second-order valence-electron chi connectivity index (χ2n) is 8.68. The lowest BCUT2D eigenvalue weighted by Gasteiger charge is -2.41. The molecule has 5 rings (SSSR count). The zero-order chi connectivity index (χ0) is 23.7. The van der Waals surface area contributed by atoms with E-state index in [1.54, 1.807) is 13.8 Å². The van der Waals surface area contributed by atoms with Crippen molar-refractivity contribution in [3.05, 3.63) is 120 Å². The van der Waals surface area contributed by atoms with Crippen molar-refractivity contribution in [2.45, 2.75) is 31.6 Å². The summed E-state index contributed by atoms with van der Waals surface area (Å²) in [5, 5.41) is 14.2. The molecule has 4 aromatic rings. The quantitative estimate of drug-likeness (QED) is 0.340. The number of nitrogens with zero attached hydrogens (tertiary/aromatic N) is 2. The summed E-state index contributed by atoms with van der Waals surface area (Å²) >= 11 is 0. The highest BCUT2D eigenvalue weighted by atomic mass is 16.8. The smallest absolute Gasteiger partial charge is 0.338 e. The second kappa shape index (κ2) is 8.63. The Kier molecular flexibility index (Phi) is 5.49. The lowest BCUT2D eigenvalue weighted by atomic mass is 9.82. The van der Waals surface area contributed by atoms with Crippen LogP contribution < -0.4 is 9.67 Å². The summed E-state index contributed by atoms with van der Waals surface area (Å²) in [4.78, 5) is 18.2. The Hall–Kier alpha value is -4.19. The van der Waals surface area contributed by atoms with E-state index in [0.717, 1.165) is 16.5 Å². The molecular weight excluding hydrogens is 428 g/mol. The molecule has 2 atom stereocenters. The van der Waals surface area contributed by atoms with Gasteiger partial charge in [0.05, 0.1) is 23.0 Å². The third kappa shape index (κ3) is 4.10. The predicted octanol–water partition coefficient (Wildman–Crippen LogP) is 3.78. The van der Waals surface area contributed by atoms with Crippen LogP contribution in [0.4, 0.5) is 0 Å². The van der Waals surface area contributed by atoms with Gasteiger partial charge in [0.25, 0.3) is 0 Å². The van der Waals surface area contributed by atoms with E-state index in [2.05, 4.69) is 0 Å². The first kappa shape index (κ1) is 21.6. The first-order valence-corrected chi connectivity index (χ1v) is 11.1. The molecule has 0 N–H and O–H groups in total. The van der Waals surface area contributed by atoms with E-state index in [0.29, 0.717) is 5.69 Å². The van der Waals surface area contributed by atoms with Gasteiger partial charge in [0.1, 0.15) is 5.69 Å². The van der Waals surface area contributed by atoms with Crippen molar-refractivity contribution in [3.63, 3.8) is 0 Å². The van der Waals surface area contributed by atoms with E-state index in [4.69, 9.17) is 14.5 Å². The molecule has 3 heterocycles. The van der Waals surface area contributed by atoms with Crippen LogP contribution in [0.1, 0.15) is 37.1 Å². The molecule has 0 radical (unpaired) electrons. The monoisotopic (exact) mass is 452 g/mol. The predicted molar refractivity (Wildman–Crippen MR) is 124 cm³/mol. The molecule has 6 nitrogen and oxygen atoms in total. The van der Waals surface area contributed by atoms with Crippen molar-refractivity contribution in [1.29, 1.82) is 0 Å². The number of aromatic nitrogens is 2. The largest absolute Gasteiger partial charge is 0.575 e. The van der Waals surface area contributed by atoms with Gasteiger partial charge in [-0.2, -0.15) is 4.57 Å². The van der Waals surface area contributed by atoms with Crippen molar-refractivity contribution in [3.8, 4) is 0 Å². The van der Waals surface area contributed by atoms with Crippen molar-refractivity contribution in [1.82, 2.24) is 4.98 Å². The fraction of sp³-hybridized carbons (Fsp3) is 0.179. The molecule has 0 aliphatic carbocycles. The average molecular weight is 453 g/mol. The molecule has 6 heteroatoms. The van der Waals surface area contributed by atoms with E-state index >= 15 is 0 Å². The molecule has 1 aliphatic rings. The Bertz CT molecular complexity index is 1370. The summed E-state index contributed by atoms with van der Waals surface area (Å²) in [5.41, 5.74) is 2.26. The molecule has 1 aliphatic heterocycles. The number of para-hydroxylation sites is 1. The van der Waals surface area contributed by atoms with Crippen LogP contribution in [0.25, 0.3) is 10.9 Å². The summed E-state index contributed by atoms with van der Waals surface area (Å²) in [6, 6.07) is 26.4. The van der Waals surface area contributed by atoms with Gasteiger partial charge in [-0.25, -0.2) is 9.78 Å². The number of esters is 1. The van der Waals surface area contributed by atoms with Crippen molar-refractivity contribution in [2.24, 2.45) is 0 Å². The maximum absolute atomic E-state index is 13.2. The Morgan fingerprint density at radius 3 is 2.26 bits per heavy atom. The number of hydrogen-bond acceptors (Lipinski definition) is 5. The van der Waals surface area contributed by atoms with Crippen LogP contribution in [0.5, 0.6) is 0 Å². The molecule has 0 bridgehead atoms. The molecule has 0 spiro atoms. The highest BCUT2D eigenvalue weighted by Crippen LogP contribution is 2.41. The summed E-state index contributed by atoms with van der Waals surface area (Å²) in [6.07, 6.45) is 3.81. The summed E-state index contributed by atoms with van der Waals surface area (Å²) in [7, 11) is 0. The van der Waals surface area contributed by atoms with Crippen molar-refractivity contribution >= 4 is 16.9 Å². The van der Waals surface area contributed by atoms with E-state index in [1.165, 1.54) is 0 Å². The van der Waals surface area contributed by atoms with E-state index < -0.39 is 29.7 Å². The molecule has 170 valence electrons. The Morgan fingerprint density at radius 2 is 1.53 bits per heavy atom. The first-order valence-electron chi connectivity index (χ1n) is 11.1. The zero-order valence-corrected chi connectivity index (χ0v) is 18.9. The van der Waals surface area contributed by atoms with Gasteiger partial charge in [0, 0.05) is 17.5 Å². The van der Waals surface area contributed by atoms with Crippen LogP contribution in [0, 0.1) is 0 Å². The molecule has 2 aromatic heterocycles. The van der Waals surface area contributed by atoms with Gasteiger partial charge in [-0.3, -0.25) is 0 Å². The van der Waals surface area contributed by atoms with Gasteiger partial charge in [-0.05, 0) is 31.5 Å². The van der Waals surface area contributed by atoms with Crippen LogP contribution in [-0.4, -0.2) is 16.7 Å². The van der Waals surface area contributed by atoms with Crippen molar-refractivity contribution in [2.75, 3.05) is 0 Å². The maximum atomic E-state index is 13.2. The average Bonchev–Trinajstić information content (AvgIpc) is 2.83. The number of rotatable bonds is 5. The van der Waals surface area contributed by atoms with Crippen LogP contribution in [0.3, 0.4) is 0 Å². The highest BCUT2D eigenvalue weighted by Gasteiger charge is 2.43. The number of benzene rings is 2. The van der Waals surface area contributed by atoms with Crippen LogP contribution >= 0.6 is 0 Å². The Labute approximate surface area is 197 Å². The molecular formula is C28H24N2O4. The van der Waals surface area contributed by atoms with Crippen LogP contribution in [-0.2, 0) is 14.3 Å². The lowest BCUT2D eigenvalue weighted by molar-refractivity contribution is -0.716. The number of carbonyl (C=O) groups excluding carboxylic acids is 1. The van der Waals surface area contributed by atoms with Crippen molar-refractivity contribution < 1.29 is 23.9 Å². The molecule has 34 heavy (non-hydrogen) atoms. The number of hydrogen-bond donors (Lipinski definition) is 0. The molecule has 0 saturated heterocycles. The Morgan fingerprint density at radius 1 is 0.853 bits per heavy atom. The number of pyridine rings is 2. The first-order chi connectivity index (χ1) is 16.4. The minimum Gasteiger partial charge on any atom is -0.575 e. The maximum Gasteiger partial charge on any atom is 0.338 e. The second-order valence-corrected chi connectivity index (χ2v) is 8.68. The van der Waals surface area contributed by atoms with Gasteiger partial charge in [0.15, 0.2) is 18.2 Å². The summed E-state index contributed by atoms with van der Waals surface area (Å²) in [6.45, 7) is 3.09. The molecule has 0 amide bonds. The Balaban J connectivity index is 1.77. The molecule has 2 unspecified atom stereocenters. The summed E-state index contributed by atoms with van der Waals surface area (Å²) < 4.78 is 13.0. The number of carbonyl (C=O) groups is 1. The minimum absolute atomic E-state index is 0.0539. The minimum atomic E-state index is -1.32. The fourth-order valence-corrected chi connectivity index (χ4v) is 4.42. The topological polar surface area (TPSA) is 75.4 Å². The van der Waals surface area contributed by atoms with Gasteiger partial charge >= 0.3 is 5.97 Å². The molecule has 0 fully saturated rings. The van der Waals surface area contributed by atoms with E-state index in [9.17, 15) is 9.90 Å². The van der Waals surface area contributed by atoms with E-state index in [-0.39, 0.29) is 5.57 Å². The number of ether oxygens (including phenoxy) is 2. The normalized spacial score (nSPS) is 17.1. The molecule has 2 aromatic carbocycles. The number of cyclic esters (lactones) is 1. The SMILES string of the molecule is CC1(C)OC(=O)C(C(c2ccccc2)C(c2ccc3ccccc3n2)[n+]2ccccc2)=C([O-])O1.